The Morgan fingerprint density at radius 1 is 1.00 bits per heavy atom. The van der Waals surface area contributed by atoms with Gasteiger partial charge in [0.05, 0.1) is 19.9 Å². The van der Waals surface area contributed by atoms with E-state index in [0.717, 1.165) is 29.0 Å². The lowest BCUT2D eigenvalue weighted by atomic mass is 10.0. The molecule has 0 saturated carbocycles. The molecule has 4 heteroatoms. The van der Waals surface area contributed by atoms with Crippen LogP contribution in [-0.4, -0.2) is 22.1 Å². The standard InChI is InChI=1S/C21H25N3O/c1-3-4-5-7-17-10-12-19(13-11-17)21-16-24(23-22-21)15-18-8-6-9-20(14-18)25-2/h6,8-14,16H,3-5,7,15H2,1-2H3. The summed E-state index contributed by atoms with van der Waals surface area (Å²) in [5.41, 5.74) is 4.54. The van der Waals surface area contributed by atoms with Crippen molar-refractivity contribution in [2.24, 2.45) is 0 Å². The molecule has 0 atom stereocenters. The van der Waals surface area contributed by atoms with Gasteiger partial charge in [0.15, 0.2) is 0 Å². The third-order valence-electron chi connectivity index (χ3n) is 4.34. The number of rotatable bonds is 8. The van der Waals surface area contributed by atoms with Crippen molar-refractivity contribution >= 4 is 0 Å². The predicted molar refractivity (Wildman–Crippen MR) is 101 cm³/mol. The van der Waals surface area contributed by atoms with Crippen molar-refractivity contribution in [2.45, 2.75) is 39.2 Å². The summed E-state index contributed by atoms with van der Waals surface area (Å²) in [5.74, 6) is 0.858. The summed E-state index contributed by atoms with van der Waals surface area (Å²) in [4.78, 5) is 0. The molecule has 0 fully saturated rings. The van der Waals surface area contributed by atoms with Crippen LogP contribution in [0.25, 0.3) is 11.3 Å². The molecule has 25 heavy (non-hydrogen) atoms. The molecule has 0 unspecified atom stereocenters. The van der Waals surface area contributed by atoms with Crippen LogP contribution in [0.1, 0.15) is 37.3 Å². The molecular weight excluding hydrogens is 310 g/mol. The smallest absolute Gasteiger partial charge is 0.119 e. The fourth-order valence-electron chi connectivity index (χ4n) is 2.89. The van der Waals surface area contributed by atoms with Crippen LogP contribution >= 0.6 is 0 Å². The van der Waals surface area contributed by atoms with Crippen molar-refractivity contribution < 1.29 is 4.74 Å². The number of ether oxygens (including phenoxy) is 1. The lowest BCUT2D eigenvalue weighted by Crippen LogP contribution is -2.00. The minimum Gasteiger partial charge on any atom is -0.497 e. The molecule has 130 valence electrons. The van der Waals surface area contributed by atoms with Crippen molar-refractivity contribution in [1.82, 2.24) is 15.0 Å². The largest absolute Gasteiger partial charge is 0.497 e. The van der Waals surface area contributed by atoms with Gasteiger partial charge in [-0.05, 0) is 36.1 Å². The molecule has 4 nitrogen and oxygen atoms in total. The van der Waals surface area contributed by atoms with E-state index in [1.54, 1.807) is 7.11 Å². The molecule has 0 radical (unpaired) electrons. The zero-order chi connectivity index (χ0) is 17.5. The summed E-state index contributed by atoms with van der Waals surface area (Å²) in [6, 6.07) is 16.7. The predicted octanol–water partition coefficient (Wildman–Crippen LogP) is 4.73. The summed E-state index contributed by atoms with van der Waals surface area (Å²) in [6.45, 7) is 2.91. The second-order valence-corrected chi connectivity index (χ2v) is 6.31. The first-order valence-corrected chi connectivity index (χ1v) is 8.91. The van der Waals surface area contributed by atoms with E-state index in [9.17, 15) is 0 Å². The van der Waals surface area contributed by atoms with Gasteiger partial charge in [0.2, 0.25) is 0 Å². The van der Waals surface area contributed by atoms with Crippen molar-refractivity contribution in [3.63, 3.8) is 0 Å². The first-order valence-electron chi connectivity index (χ1n) is 8.91. The van der Waals surface area contributed by atoms with E-state index in [4.69, 9.17) is 4.74 Å². The van der Waals surface area contributed by atoms with E-state index in [0.29, 0.717) is 6.54 Å². The van der Waals surface area contributed by atoms with Crippen LogP contribution in [0.5, 0.6) is 5.75 Å². The molecule has 0 aliphatic heterocycles. The maximum absolute atomic E-state index is 5.27. The Labute approximate surface area is 149 Å². The monoisotopic (exact) mass is 335 g/mol. The van der Waals surface area contributed by atoms with Crippen molar-refractivity contribution in [1.29, 1.82) is 0 Å². The Hall–Kier alpha value is -2.62. The lowest BCUT2D eigenvalue weighted by Gasteiger charge is -2.04. The summed E-state index contributed by atoms with van der Waals surface area (Å²) in [7, 11) is 1.68. The van der Waals surface area contributed by atoms with Gasteiger partial charge in [-0.15, -0.1) is 5.10 Å². The lowest BCUT2D eigenvalue weighted by molar-refractivity contribution is 0.414. The van der Waals surface area contributed by atoms with Crippen LogP contribution in [0, 0.1) is 0 Å². The Morgan fingerprint density at radius 3 is 2.60 bits per heavy atom. The Kier molecular flexibility index (Phi) is 5.83. The topological polar surface area (TPSA) is 39.9 Å². The first kappa shape index (κ1) is 17.2. The SMILES string of the molecule is CCCCCc1ccc(-c2cn(Cc3cccc(OC)c3)nn2)cc1. The third kappa shape index (κ3) is 4.69. The van der Waals surface area contributed by atoms with Crippen LogP contribution in [0.2, 0.25) is 0 Å². The number of nitrogens with zero attached hydrogens (tertiary/aromatic N) is 3. The van der Waals surface area contributed by atoms with Crippen molar-refractivity contribution in [3.8, 4) is 17.0 Å². The number of methoxy groups -OCH3 is 1. The highest BCUT2D eigenvalue weighted by Crippen LogP contribution is 2.19. The number of aryl methyl sites for hydroxylation is 1. The third-order valence-corrected chi connectivity index (χ3v) is 4.34. The highest BCUT2D eigenvalue weighted by atomic mass is 16.5. The van der Waals surface area contributed by atoms with E-state index in [2.05, 4.69) is 47.6 Å². The number of hydrogen-bond acceptors (Lipinski definition) is 3. The second kappa shape index (κ2) is 8.47. The summed E-state index contributed by atoms with van der Waals surface area (Å²) >= 11 is 0. The molecule has 1 aromatic heterocycles. The van der Waals surface area contributed by atoms with E-state index in [-0.39, 0.29) is 0 Å². The van der Waals surface area contributed by atoms with Crippen molar-refractivity contribution in [3.05, 3.63) is 65.9 Å². The fourth-order valence-corrected chi connectivity index (χ4v) is 2.89. The normalized spacial score (nSPS) is 10.8. The highest BCUT2D eigenvalue weighted by Gasteiger charge is 2.05. The second-order valence-electron chi connectivity index (χ2n) is 6.31. The number of hydrogen-bond donors (Lipinski definition) is 0. The highest BCUT2D eigenvalue weighted by molar-refractivity contribution is 5.58. The summed E-state index contributed by atoms with van der Waals surface area (Å²) < 4.78 is 7.13. The maximum atomic E-state index is 5.27. The van der Waals surface area contributed by atoms with Gasteiger partial charge in [0, 0.05) is 5.56 Å². The van der Waals surface area contributed by atoms with E-state index >= 15 is 0 Å². The molecule has 1 heterocycles. The average Bonchev–Trinajstić information content (AvgIpc) is 3.11. The van der Waals surface area contributed by atoms with E-state index in [1.165, 1.54) is 24.8 Å². The van der Waals surface area contributed by atoms with Gasteiger partial charge < -0.3 is 4.74 Å². The van der Waals surface area contributed by atoms with Gasteiger partial charge >= 0.3 is 0 Å². The molecule has 0 aliphatic carbocycles. The van der Waals surface area contributed by atoms with Crippen LogP contribution in [0.3, 0.4) is 0 Å². The molecule has 0 spiro atoms. The van der Waals surface area contributed by atoms with E-state index < -0.39 is 0 Å². The minimum absolute atomic E-state index is 0.680. The van der Waals surface area contributed by atoms with Gasteiger partial charge in [-0.25, -0.2) is 4.68 Å². The maximum Gasteiger partial charge on any atom is 0.119 e. The Bertz CT molecular complexity index is 793. The van der Waals surface area contributed by atoms with Crippen molar-refractivity contribution in [2.75, 3.05) is 7.11 Å². The van der Waals surface area contributed by atoms with Gasteiger partial charge in [0.25, 0.3) is 0 Å². The zero-order valence-corrected chi connectivity index (χ0v) is 15.0. The molecular formula is C21H25N3O. The average molecular weight is 335 g/mol. The molecule has 3 rings (SSSR count). The molecule has 0 amide bonds. The van der Waals surface area contributed by atoms with Gasteiger partial charge in [0.1, 0.15) is 11.4 Å². The van der Waals surface area contributed by atoms with Gasteiger partial charge in [-0.1, -0.05) is 61.4 Å². The molecule has 0 saturated heterocycles. The fraction of sp³-hybridized carbons (Fsp3) is 0.333. The Morgan fingerprint density at radius 2 is 1.84 bits per heavy atom. The summed E-state index contributed by atoms with van der Waals surface area (Å²) in [5, 5.41) is 8.56. The Balaban J connectivity index is 1.66. The number of benzene rings is 2. The molecule has 0 N–H and O–H groups in total. The zero-order valence-electron chi connectivity index (χ0n) is 15.0. The minimum atomic E-state index is 0.680. The van der Waals surface area contributed by atoms with Gasteiger partial charge in [-0.3, -0.25) is 0 Å². The van der Waals surface area contributed by atoms with Crippen LogP contribution in [0.4, 0.5) is 0 Å². The van der Waals surface area contributed by atoms with Crippen LogP contribution in [-0.2, 0) is 13.0 Å². The molecule has 0 bridgehead atoms. The number of aromatic nitrogens is 3. The quantitative estimate of drug-likeness (QED) is 0.559. The summed E-state index contributed by atoms with van der Waals surface area (Å²) in [6.07, 6.45) is 6.95. The molecule has 3 aromatic rings. The van der Waals surface area contributed by atoms with Crippen LogP contribution < -0.4 is 4.74 Å². The van der Waals surface area contributed by atoms with Gasteiger partial charge in [-0.2, -0.15) is 0 Å². The molecule has 2 aromatic carbocycles. The number of unbranched alkanes of at least 4 members (excludes halogenated alkanes) is 2. The first-order chi connectivity index (χ1) is 12.3. The van der Waals surface area contributed by atoms with E-state index in [1.807, 2.05) is 29.1 Å². The molecule has 0 aliphatic rings. The van der Waals surface area contributed by atoms with Crippen LogP contribution in [0.15, 0.2) is 54.7 Å².